The fourth-order valence-electron chi connectivity index (χ4n) is 3.11. The second kappa shape index (κ2) is 5.61. The number of aromatic nitrogens is 4. The number of aryl methyl sites for hydroxylation is 1. The van der Waals surface area contributed by atoms with Crippen molar-refractivity contribution < 1.29 is 0 Å². The number of hydrazone groups is 1. The molecule has 0 bridgehead atoms. The Labute approximate surface area is 140 Å². The Morgan fingerprint density at radius 3 is 2.50 bits per heavy atom. The third kappa shape index (κ3) is 2.12. The maximum atomic E-state index is 13.0. The molecule has 3 heterocycles. The summed E-state index contributed by atoms with van der Waals surface area (Å²) in [5, 5.41) is 6.42. The minimum atomic E-state index is -0.328. The molecule has 3 rings (SSSR count). The molecular formula is C16H24N6O2. The molecule has 0 saturated carbocycles. The quantitative estimate of drug-likeness (QED) is 0.853. The molecule has 2 aromatic rings. The van der Waals surface area contributed by atoms with Gasteiger partial charge in [-0.15, -0.1) is 0 Å². The van der Waals surface area contributed by atoms with Crippen molar-refractivity contribution in [2.24, 2.45) is 12.1 Å². The molecule has 8 nitrogen and oxygen atoms in total. The van der Waals surface area contributed by atoms with Gasteiger partial charge in [0.1, 0.15) is 0 Å². The van der Waals surface area contributed by atoms with Crippen molar-refractivity contribution in [2.45, 2.75) is 59.7 Å². The number of hydrogen-bond donors (Lipinski definition) is 0. The SMILES string of the molecule is CCCn1c(=O)c2c(nc3n2C(C)C(C)=NN3C(C)C)n(C)c1=O. The maximum absolute atomic E-state index is 13.0. The van der Waals surface area contributed by atoms with Crippen molar-refractivity contribution in [1.82, 2.24) is 18.7 Å². The number of anilines is 1. The van der Waals surface area contributed by atoms with Crippen LogP contribution >= 0.6 is 0 Å². The first-order valence-corrected chi connectivity index (χ1v) is 8.35. The summed E-state index contributed by atoms with van der Waals surface area (Å²) in [5.74, 6) is 0.611. The van der Waals surface area contributed by atoms with E-state index in [4.69, 9.17) is 0 Å². The average Bonchev–Trinajstić information content (AvgIpc) is 2.93. The summed E-state index contributed by atoms with van der Waals surface area (Å²) in [4.78, 5) is 30.1. The fourth-order valence-corrected chi connectivity index (χ4v) is 3.11. The van der Waals surface area contributed by atoms with Gasteiger partial charge in [-0.3, -0.25) is 18.5 Å². The Hall–Kier alpha value is -2.38. The van der Waals surface area contributed by atoms with Crippen LogP contribution in [0.15, 0.2) is 14.7 Å². The molecule has 8 heteroatoms. The van der Waals surface area contributed by atoms with Gasteiger partial charge in [-0.25, -0.2) is 9.80 Å². The molecule has 0 spiro atoms. The Morgan fingerprint density at radius 1 is 1.25 bits per heavy atom. The molecule has 0 amide bonds. The Balaban J connectivity index is 2.45. The summed E-state index contributed by atoms with van der Waals surface area (Å²) < 4.78 is 4.66. The summed E-state index contributed by atoms with van der Waals surface area (Å²) in [6.07, 6.45) is 0.718. The Kier molecular flexibility index (Phi) is 3.85. The van der Waals surface area contributed by atoms with Crippen molar-refractivity contribution in [3.8, 4) is 0 Å². The number of nitrogens with zero attached hydrogens (tertiary/aromatic N) is 6. The molecular weight excluding hydrogens is 308 g/mol. The lowest BCUT2D eigenvalue weighted by atomic mass is 10.2. The van der Waals surface area contributed by atoms with E-state index < -0.39 is 0 Å². The highest BCUT2D eigenvalue weighted by Crippen LogP contribution is 2.30. The van der Waals surface area contributed by atoms with Gasteiger partial charge < -0.3 is 0 Å². The molecule has 0 aliphatic carbocycles. The zero-order valence-electron chi connectivity index (χ0n) is 15.1. The van der Waals surface area contributed by atoms with Gasteiger partial charge >= 0.3 is 5.69 Å². The average molecular weight is 332 g/mol. The smallest absolute Gasteiger partial charge is 0.294 e. The normalized spacial score (nSPS) is 17.5. The molecule has 1 aliphatic heterocycles. The van der Waals surface area contributed by atoms with Gasteiger partial charge in [0.05, 0.1) is 17.8 Å². The first kappa shape index (κ1) is 16.5. The highest BCUT2D eigenvalue weighted by Gasteiger charge is 2.31. The molecule has 130 valence electrons. The van der Waals surface area contributed by atoms with E-state index >= 15 is 0 Å². The van der Waals surface area contributed by atoms with Gasteiger partial charge in [-0.1, -0.05) is 6.92 Å². The molecule has 0 N–H and O–H groups in total. The van der Waals surface area contributed by atoms with Crippen LogP contribution in [0.3, 0.4) is 0 Å². The zero-order valence-corrected chi connectivity index (χ0v) is 15.1. The predicted octanol–water partition coefficient (Wildman–Crippen LogP) is 1.47. The molecule has 1 atom stereocenters. The van der Waals surface area contributed by atoms with Gasteiger partial charge in [-0.05, 0) is 34.1 Å². The third-order valence-electron chi connectivity index (χ3n) is 4.56. The molecule has 1 unspecified atom stereocenters. The number of fused-ring (bicyclic) bond motifs is 3. The van der Waals surface area contributed by atoms with Crippen molar-refractivity contribution in [1.29, 1.82) is 0 Å². The number of hydrogen-bond acceptors (Lipinski definition) is 5. The van der Waals surface area contributed by atoms with Crippen LogP contribution in [0.5, 0.6) is 0 Å². The molecule has 0 aromatic carbocycles. The number of rotatable bonds is 3. The van der Waals surface area contributed by atoms with Crippen LogP contribution in [-0.2, 0) is 13.6 Å². The summed E-state index contributed by atoms with van der Waals surface area (Å²) in [7, 11) is 1.66. The first-order valence-electron chi connectivity index (χ1n) is 8.35. The molecule has 2 aromatic heterocycles. The minimum absolute atomic E-state index is 0.0831. The first-order chi connectivity index (χ1) is 11.3. The lowest BCUT2D eigenvalue weighted by Crippen LogP contribution is -2.40. The Bertz CT molecular complexity index is 946. The summed E-state index contributed by atoms with van der Waals surface area (Å²) in [5.41, 5.74) is 1.18. The van der Waals surface area contributed by atoms with E-state index in [1.165, 1.54) is 9.13 Å². The standard InChI is InChI=1S/C16H24N6O2/c1-7-8-20-14(23)12-13(19(6)16(20)24)17-15-21(12)11(5)10(4)18-22(15)9(2)3/h9,11H,7-8H2,1-6H3. The highest BCUT2D eigenvalue weighted by molar-refractivity contribution is 5.91. The lowest BCUT2D eigenvalue weighted by molar-refractivity contribution is 0.581. The second-order valence-corrected chi connectivity index (χ2v) is 6.61. The van der Waals surface area contributed by atoms with Gasteiger partial charge in [0, 0.05) is 13.6 Å². The van der Waals surface area contributed by atoms with E-state index in [-0.39, 0.29) is 23.3 Å². The molecule has 0 saturated heterocycles. The van der Waals surface area contributed by atoms with Gasteiger partial charge in [-0.2, -0.15) is 10.1 Å². The summed E-state index contributed by atoms with van der Waals surface area (Å²) >= 11 is 0. The van der Waals surface area contributed by atoms with Crippen molar-refractivity contribution in [2.75, 3.05) is 5.01 Å². The number of imidazole rings is 1. The highest BCUT2D eigenvalue weighted by atomic mass is 16.2. The monoisotopic (exact) mass is 332 g/mol. The maximum Gasteiger partial charge on any atom is 0.332 e. The van der Waals surface area contributed by atoms with Crippen LogP contribution in [-0.4, -0.2) is 30.4 Å². The van der Waals surface area contributed by atoms with E-state index in [9.17, 15) is 9.59 Å². The molecule has 1 aliphatic rings. The fraction of sp³-hybridized carbons (Fsp3) is 0.625. The lowest BCUT2D eigenvalue weighted by Gasteiger charge is -2.31. The van der Waals surface area contributed by atoms with Gasteiger partial charge in [0.15, 0.2) is 11.2 Å². The Morgan fingerprint density at radius 2 is 1.92 bits per heavy atom. The van der Waals surface area contributed by atoms with Gasteiger partial charge in [0.25, 0.3) is 5.56 Å². The van der Waals surface area contributed by atoms with Crippen molar-refractivity contribution in [3.05, 3.63) is 20.8 Å². The van der Waals surface area contributed by atoms with Crippen LogP contribution in [0.4, 0.5) is 5.95 Å². The largest absolute Gasteiger partial charge is 0.332 e. The van der Waals surface area contributed by atoms with E-state index in [0.29, 0.717) is 23.7 Å². The van der Waals surface area contributed by atoms with Crippen LogP contribution in [0.1, 0.15) is 47.1 Å². The molecule has 24 heavy (non-hydrogen) atoms. The zero-order chi connectivity index (χ0) is 17.8. The third-order valence-corrected chi connectivity index (χ3v) is 4.56. The van der Waals surface area contributed by atoms with Crippen LogP contribution < -0.4 is 16.3 Å². The van der Waals surface area contributed by atoms with E-state index in [0.717, 1.165) is 12.1 Å². The van der Waals surface area contributed by atoms with Crippen molar-refractivity contribution >= 4 is 22.8 Å². The van der Waals surface area contributed by atoms with Crippen LogP contribution in [0.2, 0.25) is 0 Å². The van der Waals surface area contributed by atoms with E-state index in [1.54, 1.807) is 7.05 Å². The van der Waals surface area contributed by atoms with Crippen LogP contribution in [0.25, 0.3) is 11.2 Å². The predicted molar refractivity (Wildman–Crippen MR) is 95.0 cm³/mol. The van der Waals surface area contributed by atoms with E-state index in [1.807, 2.05) is 44.2 Å². The molecule has 0 radical (unpaired) electrons. The second-order valence-electron chi connectivity index (χ2n) is 6.61. The van der Waals surface area contributed by atoms with Crippen LogP contribution in [0, 0.1) is 0 Å². The molecule has 0 fully saturated rings. The summed E-state index contributed by atoms with van der Waals surface area (Å²) in [6, 6.07) is 0.0122. The topological polar surface area (TPSA) is 77.4 Å². The van der Waals surface area contributed by atoms with E-state index in [2.05, 4.69) is 10.1 Å². The van der Waals surface area contributed by atoms with Crippen molar-refractivity contribution in [3.63, 3.8) is 0 Å². The minimum Gasteiger partial charge on any atom is -0.294 e. The van der Waals surface area contributed by atoms with Gasteiger partial charge in [0.2, 0.25) is 5.95 Å². The summed E-state index contributed by atoms with van der Waals surface area (Å²) in [6.45, 7) is 10.3.